The number of hydrogen-bond donors (Lipinski definition) is 2. The van der Waals surface area contributed by atoms with E-state index in [1.807, 2.05) is 13.8 Å². The van der Waals surface area contributed by atoms with Gasteiger partial charge in [0.15, 0.2) is 5.96 Å². The smallest absolute Gasteiger partial charge is 0.214 e. The van der Waals surface area contributed by atoms with E-state index in [1.165, 1.54) is 11.1 Å². The van der Waals surface area contributed by atoms with Gasteiger partial charge in [-0.15, -0.1) is 24.0 Å². The van der Waals surface area contributed by atoms with E-state index in [2.05, 4.69) is 58.7 Å². The predicted octanol–water partition coefficient (Wildman–Crippen LogP) is 3.69. The van der Waals surface area contributed by atoms with Gasteiger partial charge in [0, 0.05) is 13.6 Å². The fourth-order valence-electron chi connectivity index (χ4n) is 2.26. The molecule has 1 heterocycles. The second-order valence-electron chi connectivity index (χ2n) is 5.87. The van der Waals surface area contributed by atoms with E-state index >= 15 is 0 Å². The molecule has 0 radical (unpaired) electrons. The van der Waals surface area contributed by atoms with E-state index in [-0.39, 0.29) is 24.0 Å². The minimum atomic E-state index is 0. The van der Waals surface area contributed by atoms with Crippen LogP contribution in [-0.4, -0.2) is 24.5 Å². The van der Waals surface area contributed by atoms with Crippen molar-refractivity contribution in [2.24, 2.45) is 4.99 Å². The molecule has 132 valence electrons. The molecule has 0 spiro atoms. The molecule has 6 heteroatoms. The number of nitrogens with zero attached hydrogens (tertiary/aromatic N) is 2. The van der Waals surface area contributed by atoms with Crippen LogP contribution in [0.1, 0.15) is 41.3 Å². The number of rotatable bonds is 5. The molecule has 0 fully saturated rings. The molecule has 0 aliphatic rings. The molecular formula is C18H27IN4O. The van der Waals surface area contributed by atoms with Crippen molar-refractivity contribution >= 4 is 29.9 Å². The highest BCUT2D eigenvalue weighted by Gasteiger charge is 2.08. The van der Waals surface area contributed by atoms with Crippen molar-refractivity contribution in [2.75, 3.05) is 13.6 Å². The fourth-order valence-corrected chi connectivity index (χ4v) is 2.26. The molecule has 0 amide bonds. The first-order valence-corrected chi connectivity index (χ1v) is 7.93. The Morgan fingerprint density at radius 3 is 2.38 bits per heavy atom. The van der Waals surface area contributed by atoms with Crippen LogP contribution in [0.2, 0.25) is 0 Å². The summed E-state index contributed by atoms with van der Waals surface area (Å²) in [4.78, 5) is 8.59. The molecule has 0 saturated heterocycles. The molecule has 1 aromatic carbocycles. The lowest BCUT2D eigenvalue weighted by atomic mass is 10.0. The SMILES string of the molecule is CN=C(NCc1nc(C)c(C)o1)NCC(C)c1ccc(C)cc1.I. The Kier molecular flexibility index (Phi) is 8.24. The maximum absolute atomic E-state index is 5.56. The maximum Gasteiger partial charge on any atom is 0.214 e. The minimum Gasteiger partial charge on any atom is -0.444 e. The third-order valence-corrected chi connectivity index (χ3v) is 3.93. The van der Waals surface area contributed by atoms with Crippen LogP contribution in [0.5, 0.6) is 0 Å². The molecule has 1 unspecified atom stereocenters. The molecule has 0 saturated carbocycles. The van der Waals surface area contributed by atoms with Gasteiger partial charge in [-0.3, -0.25) is 4.99 Å². The average molecular weight is 442 g/mol. The number of guanidine groups is 1. The lowest BCUT2D eigenvalue weighted by Gasteiger charge is -2.16. The summed E-state index contributed by atoms with van der Waals surface area (Å²) >= 11 is 0. The third kappa shape index (κ3) is 5.81. The second-order valence-corrected chi connectivity index (χ2v) is 5.87. The van der Waals surface area contributed by atoms with E-state index in [9.17, 15) is 0 Å². The highest BCUT2D eigenvalue weighted by atomic mass is 127. The molecule has 0 aliphatic carbocycles. The minimum absolute atomic E-state index is 0. The summed E-state index contributed by atoms with van der Waals surface area (Å²) in [6.07, 6.45) is 0. The molecule has 2 rings (SSSR count). The summed E-state index contributed by atoms with van der Waals surface area (Å²) in [6.45, 7) is 9.50. The number of nitrogens with one attached hydrogen (secondary N) is 2. The number of oxazole rings is 1. The normalized spacial score (nSPS) is 12.5. The molecule has 2 aromatic rings. The number of benzene rings is 1. The van der Waals surface area contributed by atoms with Gasteiger partial charge >= 0.3 is 0 Å². The fraction of sp³-hybridized carbons (Fsp3) is 0.444. The quantitative estimate of drug-likeness (QED) is 0.421. The molecule has 1 aromatic heterocycles. The third-order valence-electron chi connectivity index (χ3n) is 3.93. The highest BCUT2D eigenvalue weighted by molar-refractivity contribution is 14.0. The van der Waals surface area contributed by atoms with E-state index < -0.39 is 0 Å². The molecule has 0 aliphatic heterocycles. The lowest BCUT2D eigenvalue weighted by molar-refractivity contribution is 0.463. The lowest BCUT2D eigenvalue weighted by Crippen LogP contribution is -2.38. The Morgan fingerprint density at radius 1 is 1.17 bits per heavy atom. The number of halogens is 1. The van der Waals surface area contributed by atoms with Crippen molar-refractivity contribution in [3.8, 4) is 0 Å². The maximum atomic E-state index is 5.56. The summed E-state index contributed by atoms with van der Waals surface area (Å²) < 4.78 is 5.56. The van der Waals surface area contributed by atoms with E-state index in [4.69, 9.17) is 4.42 Å². The van der Waals surface area contributed by atoms with Crippen LogP contribution in [0.25, 0.3) is 0 Å². The van der Waals surface area contributed by atoms with Crippen LogP contribution in [0.3, 0.4) is 0 Å². The number of hydrogen-bond acceptors (Lipinski definition) is 3. The first-order chi connectivity index (χ1) is 11.0. The van der Waals surface area contributed by atoms with Gasteiger partial charge in [0.1, 0.15) is 5.76 Å². The zero-order valence-electron chi connectivity index (χ0n) is 15.0. The van der Waals surface area contributed by atoms with Crippen molar-refractivity contribution < 1.29 is 4.42 Å². The zero-order chi connectivity index (χ0) is 16.8. The molecule has 24 heavy (non-hydrogen) atoms. The van der Waals surface area contributed by atoms with Gasteiger partial charge in [0.25, 0.3) is 0 Å². The van der Waals surface area contributed by atoms with Crippen LogP contribution in [0.15, 0.2) is 33.7 Å². The van der Waals surface area contributed by atoms with Crippen molar-refractivity contribution in [1.82, 2.24) is 15.6 Å². The Bertz CT molecular complexity index is 645. The summed E-state index contributed by atoms with van der Waals surface area (Å²) in [5.74, 6) is 2.69. The summed E-state index contributed by atoms with van der Waals surface area (Å²) in [7, 11) is 1.76. The number of aliphatic imine (C=N–C) groups is 1. The van der Waals surface area contributed by atoms with Gasteiger partial charge in [0.05, 0.1) is 12.2 Å². The average Bonchev–Trinajstić information content (AvgIpc) is 2.86. The van der Waals surface area contributed by atoms with Crippen LogP contribution in [-0.2, 0) is 6.54 Å². The van der Waals surface area contributed by atoms with Gasteiger partial charge in [-0.05, 0) is 32.3 Å². The van der Waals surface area contributed by atoms with Crippen molar-refractivity contribution in [3.05, 3.63) is 52.7 Å². The zero-order valence-corrected chi connectivity index (χ0v) is 17.3. The van der Waals surface area contributed by atoms with E-state index in [1.54, 1.807) is 7.05 Å². The largest absolute Gasteiger partial charge is 0.444 e. The summed E-state index contributed by atoms with van der Waals surface area (Å²) in [5.41, 5.74) is 3.53. The molecule has 5 nitrogen and oxygen atoms in total. The van der Waals surface area contributed by atoms with Crippen LogP contribution in [0, 0.1) is 20.8 Å². The topological polar surface area (TPSA) is 62.5 Å². The Hall–Kier alpha value is -1.57. The first-order valence-electron chi connectivity index (χ1n) is 7.93. The standard InChI is InChI=1S/C18H26N4O.HI/c1-12-6-8-16(9-7-12)13(2)10-20-18(19-5)21-11-17-22-14(3)15(4)23-17;/h6-9,13H,10-11H2,1-5H3,(H2,19,20,21);1H. The first kappa shape index (κ1) is 20.5. The highest BCUT2D eigenvalue weighted by Crippen LogP contribution is 2.14. The van der Waals surface area contributed by atoms with Crippen molar-refractivity contribution in [3.63, 3.8) is 0 Å². The molecule has 1 atom stereocenters. The molecule has 2 N–H and O–H groups in total. The summed E-state index contributed by atoms with van der Waals surface area (Å²) in [5, 5.41) is 6.57. The van der Waals surface area contributed by atoms with Crippen molar-refractivity contribution in [2.45, 2.75) is 40.2 Å². The van der Waals surface area contributed by atoms with Crippen LogP contribution in [0.4, 0.5) is 0 Å². The second kappa shape index (κ2) is 9.66. The van der Waals surface area contributed by atoms with Crippen LogP contribution >= 0.6 is 24.0 Å². The Labute approximate surface area is 161 Å². The van der Waals surface area contributed by atoms with Gasteiger partial charge in [-0.1, -0.05) is 36.8 Å². The number of aromatic nitrogens is 1. The predicted molar refractivity (Wildman–Crippen MR) is 109 cm³/mol. The monoisotopic (exact) mass is 442 g/mol. The summed E-state index contributed by atoms with van der Waals surface area (Å²) in [6, 6.07) is 8.64. The van der Waals surface area contributed by atoms with Crippen LogP contribution < -0.4 is 10.6 Å². The molecular weight excluding hydrogens is 415 g/mol. The van der Waals surface area contributed by atoms with Gasteiger partial charge in [-0.25, -0.2) is 4.98 Å². The van der Waals surface area contributed by atoms with Gasteiger partial charge in [-0.2, -0.15) is 0 Å². The Balaban J connectivity index is 0.00000288. The Morgan fingerprint density at radius 2 is 1.83 bits per heavy atom. The van der Waals surface area contributed by atoms with Gasteiger partial charge < -0.3 is 15.1 Å². The number of aryl methyl sites for hydroxylation is 3. The van der Waals surface area contributed by atoms with Crippen molar-refractivity contribution in [1.29, 1.82) is 0 Å². The van der Waals surface area contributed by atoms with E-state index in [0.29, 0.717) is 18.4 Å². The van der Waals surface area contributed by atoms with E-state index in [0.717, 1.165) is 24.0 Å². The van der Waals surface area contributed by atoms with Gasteiger partial charge in [0.2, 0.25) is 5.89 Å². The molecule has 0 bridgehead atoms.